The van der Waals surface area contributed by atoms with Crippen LogP contribution in [0.4, 0.5) is 0 Å². The van der Waals surface area contributed by atoms with E-state index >= 15 is 0 Å². The fourth-order valence-corrected chi connectivity index (χ4v) is 3.42. The number of nitrogens with zero attached hydrogens (tertiary/aromatic N) is 1. The normalized spacial score (nSPS) is 10.9. The highest BCUT2D eigenvalue weighted by molar-refractivity contribution is 5.75. The Morgan fingerprint density at radius 1 is 0.593 bits per heavy atom. The molecule has 1 heterocycles. The molecule has 4 rings (SSSR count). The van der Waals surface area contributed by atoms with E-state index in [2.05, 4.69) is 98.8 Å². The van der Waals surface area contributed by atoms with E-state index in [0.717, 1.165) is 11.3 Å². The van der Waals surface area contributed by atoms with Gasteiger partial charge in [0.15, 0.2) is 0 Å². The number of benzene rings is 3. The second-order valence-electron chi connectivity index (χ2n) is 7.12. The van der Waals surface area contributed by atoms with Crippen molar-refractivity contribution in [2.24, 2.45) is 0 Å². The first-order chi connectivity index (χ1) is 13.2. The van der Waals surface area contributed by atoms with E-state index < -0.39 is 0 Å². The molecule has 0 N–H and O–H groups in total. The van der Waals surface area contributed by atoms with Crippen LogP contribution in [0.3, 0.4) is 0 Å². The highest BCUT2D eigenvalue weighted by Crippen LogP contribution is 2.32. The van der Waals surface area contributed by atoms with Gasteiger partial charge in [-0.3, -0.25) is 4.98 Å². The van der Waals surface area contributed by atoms with Crippen molar-refractivity contribution in [2.45, 2.75) is 19.8 Å². The third-order valence-corrected chi connectivity index (χ3v) is 4.93. The van der Waals surface area contributed by atoms with Gasteiger partial charge in [-0.15, -0.1) is 0 Å². The Balaban J connectivity index is 1.74. The van der Waals surface area contributed by atoms with Crippen LogP contribution in [0, 0.1) is 0 Å². The van der Waals surface area contributed by atoms with Gasteiger partial charge in [-0.25, -0.2) is 0 Å². The zero-order valence-corrected chi connectivity index (χ0v) is 15.8. The van der Waals surface area contributed by atoms with Crippen LogP contribution in [-0.2, 0) is 0 Å². The first-order valence-corrected chi connectivity index (χ1v) is 9.43. The number of rotatable bonds is 4. The highest BCUT2D eigenvalue weighted by atomic mass is 14.7. The summed E-state index contributed by atoms with van der Waals surface area (Å²) in [5.74, 6) is 0.433. The summed E-state index contributed by atoms with van der Waals surface area (Å²) >= 11 is 0. The van der Waals surface area contributed by atoms with Gasteiger partial charge in [0.05, 0.1) is 5.69 Å². The Hall–Kier alpha value is -3.19. The third kappa shape index (κ3) is 3.68. The van der Waals surface area contributed by atoms with Gasteiger partial charge in [-0.2, -0.15) is 0 Å². The van der Waals surface area contributed by atoms with Crippen LogP contribution in [0.25, 0.3) is 33.5 Å². The van der Waals surface area contributed by atoms with Crippen molar-refractivity contribution in [2.75, 3.05) is 0 Å². The summed E-state index contributed by atoms with van der Waals surface area (Å²) < 4.78 is 0. The molecule has 0 radical (unpaired) electrons. The predicted molar refractivity (Wildman–Crippen MR) is 115 cm³/mol. The Kier molecular flexibility index (Phi) is 4.84. The van der Waals surface area contributed by atoms with Gasteiger partial charge in [0, 0.05) is 11.8 Å². The lowest BCUT2D eigenvalue weighted by molar-refractivity contribution is 0.861. The Morgan fingerprint density at radius 2 is 1.11 bits per heavy atom. The van der Waals surface area contributed by atoms with Crippen LogP contribution in [0.1, 0.15) is 25.3 Å². The van der Waals surface area contributed by atoms with Crippen LogP contribution in [-0.4, -0.2) is 4.98 Å². The number of hydrogen-bond acceptors (Lipinski definition) is 1. The molecule has 132 valence electrons. The number of hydrogen-bond donors (Lipinski definition) is 0. The summed E-state index contributed by atoms with van der Waals surface area (Å²) in [7, 11) is 0. The molecule has 0 amide bonds. The Labute approximate surface area is 161 Å². The third-order valence-electron chi connectivity index (χ3n) is 4.93. The zero-order chi connectivity index (χ0) is 18.6. The summed E-state index contributed by atoms with van der Waals surface area (Å²) in [6.07, 6.45) is 2.04. The van der Waals surface area contributed by atoms with Crippen molar-refractivity contribution in [1.29, 1.82) is 0 Å². The van der Waals surface area contributed by atoms with E-state index in [-0.39, 0.29) is 0 Å². The maximum Gasteiger partial charge on any atom is 0.0708 e. The smallest absolute Gasteiger partial charge is 0.0708 e. The maximum atomic E-state index is 4.76. The molecule has 0 saturated carbocycles. The topological polar surface area (TPSA) is 12.9 Å². The van der Waals surface area contributed by atoms with Crippen molar-refractivity contribution in [3.05, 3.63) is 103 Å². The quantitative estimate of drug-likeness (QED) is 0.379. The summed E-state index contributed by atoms with van der Waals surface area (Å²) in [5.41, 5.74) is 8.40. The van der Waals surface area contributed by atoms with E-state index in [1.165, 1.54) is 27.8 Å². The molecule has 0 bridgehead atoms. The minimum atomic E-state index is 0.433. The van der Waals surface area contributed by atoms with Crippen LogP contribution in [0.2, 0.25) is 0 Å². The summed E-state index contributed by atoms with van der Waals surface area (Å²) in [5, 5.41) is 0. The van der Waals surface area contributed by atoms with Gasteiger partial charge in [0.1, 0.15) is 0 Å². The molecule has 4 aromatic rings. The van der Waals surface area contributed by atoms with Crippen molar-refractivity contribution in [1.82, 2.24) is 4.98 Å². The second kappa shape index (κ2) is 7.59. The molecule has 1 heteroatoms. The summed E-state index contributed by atoms with van der Waals surface area (Å²) in [6.45, 7) is 4.44. The summed E-state index contributed by atoms with van der Waals surface area (Å²) in [6, 6.07) is 31.9. The van der Waals surface area contributed by atoms with Crippen LogP contribution >= 0.6 is 0 Å². The van der Waals surface area contributed by atoms with E-state index in [9.17, 15) is 0 Å². The Morgan fingerprint density at radius 3 is 1.70 bits per heavy atom. The van der Waals surface area contributed by atoms with Gasteiger partial charge in [0.25, 0.3) is 0 Å². The molecule has 0 aliphatic rings. The van der Waals surface area contributed by atoms with Gasteiger partial charge >= 0.3 is 0 Å². The van der Waals surface area contributed by atoms with E-state index in [1.807, 2.05) is 12.3 Å². The molecule has 0 atom stereocenters. The molecular formula is C26H23N. The van der Waals surface area contributed by atoms with Crippen molar-refractivity contribution >= 4 is 0 Å². The Bertz CT molecular complexity index is 1020. The predicted octanol–water partition coefficient (Wildman–Crippen LogP) is 7.21. The van der Waals surface area contributed by atoms with E-state index in [0.29, 0.717) is 5.92 Å². The van der Waals surface area contributed by atoms with Crippen molar-refractivity contribution < 1.29 is 0 Å². The molecule has 1 nitrogen and oxygen atoms in total. The van der Waals surface area contributed by atoms with Gasteiger partial charge in [-0.05, 0) is 39.8 Å². The zero-order valence-electron chi connectivity index (χ0n) is 15.8. The largest absolute Gasteiger partial charge is 0.256 e. The maximum absolute atomic E-state index is 4.76. The average molecular weight is 349 g/mol. The van der Waals surface area contributed by atoms with Crippen LogP contribution < -0.4 is 0 Å². The van der Waals surface area contributed by atoms with E-state index in [4.69, 9.17) is 4.98 Å². The monoisotopic (exact) mass is 349 g/mol. The minimum absolute atomic E-state index is 0.433. The molecule has 0 saturated heterocycles. The van der Waals surface area contributed by atoms with Crippen LogP contribution in [0.15, 0.2) is 97.2 Å². The fraction of sp³-hybridized carbons (Fsp3) is 0.115. The lowest BCUT2D eigenvalue weighted by atomic mass is 9.92. The molecule has 0 spiro atoms. The molecule has 3 aromatic carbocycles. The molecule has 0 unspecified atom stereocenters. The molecule has 0 fully saturated rings. The van der Waals surface area contributed by atoms with Gasteiger partial charge in [-0.1, -0.05) is 98.8 Å². The SMILES string of the molecule is CC(C)c1cnc(-c2ccc(-c3ccccc3)cc2)cc1-c1ccccc1. The van der Waals surface area contributed by atoms with Crippen LogP contribution in [0.5, 0.6) is 0 Å². The molecule has 1 aromatic heterocycles. The van der Waals surface area contributed by atoms with E-state index in [1.54, 1.807) is 0 Å². The summed E-state index contributed by atoms with van der Waals surface area (Å²) in [4.78, 5) is 4.76. The molecule has 0 aliphatic carbocycles. The minimum Gasteiger partial charge on any atom is -0.256 e. The number of aromatic nitrogens is 1. The average Bonchev–Trinajstić information content (AvgIpc) is 2.74. The second-order valence-corrected chi connectivity index (χ2v) is 7.12. The number of pyridine rings is 1. The van der Waals surface area contributed by atoms with Gasteiger partial charge < -0.3 is 0 Å². The standard InChI is InChI=1S/C26H23N/c1-19(2)25-18-27-26(17-24(25)22-11-7-4-8-12-22)23-15-13-21(14-16-23)20-9-5-3-6-10-20/h3-19H,1-2H3. The fourth-order valence-electron chi connectivity index (χ4n) is 3.42. The highest BCUT2D eigenvalue weighted by Gasteiger charge is 2.11. The molecule has 0 aliphatic heterocycles. The van der Waals surface area contributed by atoms with Gasteiger partial charge in [0.2, 0.25) is 0 Å². The lowest BCUT2D eigenvalue weighted by Gasteiger charge is -2.14. The first kappa shape index (κ1) is 17.2. The molecule has 27 heavy (non-hydrogen) atoms. The molecular weight excluding hydrogens is 326 g/mol. The lowest BCUT2D eigenvalue weighted by Crippen LogP contribution is -1.96. The van der Waals surface area contributed by atoms with Crippen molar-refractivity contribution in [3.63, 3.8) is 0 Å². The van der Waals surface area contributed by atoms with Crippen molar-refractivity contribution in [3.8, 4) is 33.5 Å². The first-order valence-electron chi connectivity index (χ1n) is 9.43.